The molecule has 0 aromatic heterocycles. The van der Waals surface area contributed by atoms with E-state index in [1.807, 2.05) is 11.0 Å². The first-order valence-corrected chi connectivity index (χ1v) is 11.3. The topological polar surface area (TPSA) is 88.2 Å². The lowest BCUT2D eigenvalue weighted by Gasteiger charge is -2.49. The molecule has 0 saturated carbocycles. The summed E-state index contributed by atoms with van der Waals surface area (Å²) in [7, 11) is 3.08. The van der Waals surface area contributed by atoms with E-state index < -0.39 is 29.3 Å². The van der Waals surface area contributed by atoms with Gasteiger partial charge < -0.3 is 14.4 Å². The number of carbonyl (C=O) groups excluding carboxylic acids is 3. The summed E-state index contributed by atoms with van der Waals surface area (Å²) in [4.78, 5) is 42.9. The number of anilines is 1. The van der Waals surface area contributed by atoms with Crippen LogP contribution in [0.25, 0.3) is 0 Å². The molecule has 1 spiro atoms. The lowest BCUT2D eigenvalue weighted by Crippen LogP contribution is -2.71. The van der Waals surface area contributed by atoms with Crippen molar-refractivity contribution in [3.63, 3.8) is 0 Å². The van der Waals surface area contributed by atoms with E-state index in [1.165, 1.54) is 13.2 Å². The number of nitrogens with one attached hydrogen (secondary N) is 1. The number of carbonyl (C=O) groups is 3. The second-order valence-electron chi connectivity index (χ2n) is 8.90. The predicted octanol–water partition coefficient (Wildman–Crippen LogP) is 2.68. The quantitative estimate of drug-likeness (QED) is 0.681. The van der Waals surface area contributed by atoms with E-state index in [0.29, 0.717) is 42.1 Å². The molecule has 3 aliphatic heterocycles. The zero-order valence-electron chi connectivity index (χ0n) is 19.1. The maximum Gasteiger partial charge on any atom is 0.330 e. The SMILES string of the molecule is COc1ccc(CCN2C(=O)NC(=O)[C@@]3(Cc4cccc(F)c4N4CCC[C@H]43)C2=O)cc1OC. The van der Waals surface area contributed by atoms with Gasteiger partial charge in [0.2, 0.25) is 11.8 Å². The Balaban J connectivity index is 1.46. The van der Waals surface area contributed by atoms with Crippen LogP contribution in [0.15, 0.2) is 36.4 Å². The Bertz CT molecular complexity index is 1190. The van der Waals surface area contributed by atoms with Gasteiger partial charge in [-0.05, 0) is 55.0 Å². The molecule has 2 fully saturated rings. The van der Waals surface area contributed by atoms with E-state index in [9.17, 15) is 18.8 Å². The van der Waals surface area contributed by atoms with Gasteiger partial charge in [0.15, 0.2) is 16.9 Å². The minimum Gasteiger partial charge on any atom is -0.493 e. The normalized spacial score (nSPS) is 23.6. The highest BCUT2D eigenvalue weighted by Gasteiger charge is 2.62. The van der Waals surface area contributed by atoms with Crippen LogP contribution in [0.2, 0.25) is 0 Å². The van der Waals surface area contributed by atoms with Gasteiger partial charge >= 0.3 is 6.03 Å². The Morgan fingerprint density at radius 3 is 2.68 bits per heavy atom. The summed E-state index contributed by atoms with van der Waals surface area (Å²) in [5, 5.41) is 2.42. The first-order valence-electron chi connectivity index (χ1n) is 11.3. The highest BCUT2D eigenvalue weighted by Crippen LogP contribution is 2.49. The fourth-order valence-electron chi connectivity index (χ4n) is 5.63. The molecule has 1 N–H and O–H groups in total. The Morgan fingerprint density at radius 1 is 1.12 bits per heavy atom. The minimum atomic E-state index is -1.47. The molecule has 0 radical (unpaired) electrons. The molecule has 3 aliphatic rings. The van der Waals surface area contributed by atoms with Crippen molar-refractivity contribution < 1.29 is 28.2 Å². The number of urea groups is 1. The van der Waals surface area contributed by atoms with Crippen LogP contribution < -0.4 is 19.7 Å². The van der Waals surface area contributed by atoms with E-state index >= 15 is 0 Å². The summed E-state index contributed by atoms with van der Waals surface area (Å²) in [6, 6.07) is 8.91. The first kappa shape index (κ1) is 22.2. The average molecular weight is 467 g/mol. The number of benzene rings is 2. The highest BCUT2D eigenvalue weighted by atomic mass is 19.1. The number of ether oxygens (including phenoxy) is 2. The van der Waals surface area contributed by atoms with Crippen LogP contribution >= 0.6 is 0 Å². The third-order valence-corrected chi connectivity index (χ3v) is 7.22. The molecule has 5 rings (SSSR count). The second-order valence-corrected chi connectivity index (χ2v) is 8.90. The third kappa shape index (κ3) is 3.21. The van der Waals surface area contributed by atoms with Crippen LogP contribution in [0.5, 0.6) is 11.5 Å². The number of hydrogen-bond donors (Lipinski definition) is 1. The molecular formula is C25H26FN3O5. The number of fused-ring (bicyclic) bond motifs is 4. The van der Waals surface area contributed by atoms with Gasteiger partial charge in [0.1, 0.15) is 5.82 Å². The van der Waals surface area contributed by atoms with Gasteiger partial charge in [-0.25, -0.2) is 9.18 Å². The van der Waals surface area contributed by atoms with Crippen LogP contribution in [-0.4, -0.2) is 56.1 Å². The predicted molar refractivity (Wildman–Crippen MR) is 121 cm³/mol. The van der Waals surface area contributed by atoms with Gasteiger partial charge in [0.25, 0.3) is 0 Å². The number of barbiturate groups is 1. The van der Waals surface area contributed by atoms with Crippen molar-refractivity contribution in [3.8, 4) is 11.5 Å². The standard InChI is InChI=1S/C25H26FN3O5/c1-33-18-9-8-15(13-19(18)34-2)10-12-29-23(31)25(22(30)27-24(29)32)14-16-5-3-6-17(26)21(16)28-11-4-7-20(25)28/h3,5-6,8-9,13,20H,4,7,10-12,14H2,1-2H3,(H,27,30,32)/t20-,25-/m0/s1. The summed E-state index contributed by atoms with van der Waals surface area (Å²) in [6.07, 6.45) is 1.75. The molecule has 0 bridgehead atoms. The fourth-order valence-corrected chi connectivity index (χ4v) is 5.63. The Kier molecular flexibility index (Phi) is 5.42. The van der Waals surface area contributed by atoms with Crippen LogP contribution in [0.3, 0.4) is 0 Å². The molecule has 178 valence electrons. The number of para-hydroxylation sites is 1. The summed E-state index contributed by atoms with van der Waals surface area (Å²) >= 11 is 0. The van der Waals surface area contributed by atoms with Gasteiger partial charge in [-0.15, -0.1) is 0 Å². The van der Waals surface area contributed by atoms with Gasteiger partial charge in [-0.2, -0.15) is 0 Å². The van der Waals surface area contributed by atoms with E-state index in [4.69, 9.17) is 9.47 Å². The number of rotatable bonds is 5. The highest BCUT2D eigenvalue weighted by molar-refractivity contribution is 6.20. The number of halogens is 1. The molecule has 0 unspecified atom stereocenters. The van der Waals surface area contributed by atoms with Crippen LogP contribution in [0.4, 0.5) is 14.9 Å². The average Bonchev–Trinajstić information content (AvgIpc) is 3.32. The van der Waals surface area contributed by atoms with Crippen molar-refractivity contribution >= 4 is 23.5 Å². The van der Waals surface area contributed by atoms with Crippen LogP contribution in [-0.2, 0) is 22.4 Å². The van der Waals surface area contributed by atoms with E-state index in [1.54, 1.807) is 31.4 Å². The number of nitrogens with zero attached hydrogens (tertiary/aromatic N) is 2. The van der Waals surface area contributed by atoms with Gasteiger partial charge in [-0.1, -0.05) is 18.2 Å². The monoisotopic (exact) mass is 467 g/mol. The molecular weight excluding hydrogens is 441 g/mol. The maximum atomic E-state index is 14.7. The molecule has 4 amide bonds. The number of imide groups is 2. The minimum absolute atomic E-state index is 0.0616. The molecule has 9 heteroatoms. The van der Waals surface area contributed by atoms with Gasteiger partial charge in [0.05, 0.1) is 25.9 Å². The molecule has 2 saturated heterocycles. The summed E-state index contributed by atoms with van der Waals surface area (Å²) in [6.45, 7) is 0.651. The molecule has 2 aromatic carbocycles. The largest absolute Gasteiger partial charge is 0.493 e. The maximum absolute atomic E-state index is 14.7. The molecule has 34 heavy (non-hydrogen) atoms. The summed E-state index contributed by atoms with van der Waals surface area (Å²) in [5.41, 5.74) is 0.451. The Hall–Kier alpha value is -3.62. The summed E-state index contributed by atoms with van der Waals surface area (Å²) < 4.78 is 25.3. The third-order valence-electron chi connectivity index (χ3n) is 7.22. The zero-order chi connectivity index (χ0) is 24.0. The fraction of sp³-hybridized carbons (Fsp3) is 0.400. The second kappa shape index (κ2) is 8.30. The van der Waals surface area contributed by atoms with Crippen molar-refractivity contribution in [2.24, 2.45) is 5.41 Å². The van der Waals surface area contributed by atoms with Crippen molar-refractivity contribution in [3.05, 3.63) is 53.3 Å². The van der Waals surface area contributed by atoms with Crippen LogP contribution in [0.1, 0.15) is 24.0 Å². The van der Waals surface area contributed by atoms with E-state index in [2.05, 4.69) is 5.32 Å². The molecule has 2 aromatic rings. The van der Waals surface area contributed by atoms with Crippen molar-refractivity contribution in [1.82, 2.24) is 10.2 Å². The molecule has 0 aliphatic carbocycles. The van der Waals surface area contributed by atoms with E-state index in [-0.39, 0.29) is 18.8 Å². The lowest BCUT2D eigenvalue weighted by molar-refractivity contribution is -0.153. The number of methoxy groups -OCH3 is 2. The van der Waals surface area contributed by atoms with Gasteiger partial charge in [-0.3, -0.25) is 19.8 Å². The smallest absolute Gasteiger partial charge is 0.330 e. The number of hydrogen-bond acceptors (Lipinski definition) is 6. The summed E-state index contributed by atoms with van der Waals surface area (Å²) in [5.74, 6) is -0.347. The molecule has 8 nitrogen and oxygen atoms in total. The first-order chi connectivity index (χ1) is 16.4. The van der Waals surface area contributed by atoms with Crippen molar-refractivity contribution in [2.75, 3.05) is 32.2 Å². The molecule has 2 atom stereocenters. The zero-order valence-corrected chi connectivity index (χ0v) is 19.1. The van der Waals surface area contributed by atoms with Crippen LogP contribution in [0, 0.1) is 11.2 Å². The Labute approximate surface area is 196 Å². The molecule has 3 heterocycles. The Morgan fingerprint density at radius 2 is 1.91 bits per heavy atom. The van der Waals surface area contributed by atoms with Gasteiger partial charge in [0, 0.05) is 13.1 Å². The van der Waals surface area contributed by atoms with Crippen molar-refractivity contribution in [2.45, 2.75) is 31.7 Å². The lowest BCUT2D eigenvalue weighted by atomic mass is 9.68. The number of amides is 4. The van der Waals surface area contributed by atoms with E-state index in [0.717, 1.165) is 16.9 Å². The van der Waals surface area contributed by atoms with Crippen molar-refractivity contribution in [1.29, 1.82) is 0 Å².